The summed E-state index contributed by atoms with van der Waals surface area (Å²) in [5.74, 6) is -0.272. The molecule has 2 rings (SSSR count). The largest absolute Gasteiger partial charge is 0.494 e. The molecule has 5 nitrogen and oxygen atoms in total. The molecule has 0 aliphatic carbocycles. The standard InChI is InChI=1S/C14H20FN3O2/c1-9(19)17-10-3-5-18(6-4-10)13-8-14(20-2)11(15)7-12(13)16/h7-8,10H,3-6,16H2,1-2H3,(H,17,19). The van der Waals surface area contributed by atoms with E-state index in [1.807, 2.05) is 0 Å². The molecule has 0 bridgehead atoms. The fourth-order valence-electron chi connectivity index (χ4n) is 2.54. The minimum Gasteiger partial charge on any atom is -0.494 e. The second-order valence-electron chi connectivity index (χ2n) is 5.01. The van der Waals surface area contributed by atoms with E-state index in [2.05, 4.69) is 10.2 Å². The molecule has 1 aliphatic rings. The zero-order valence-corrected chi connectivity index (χ0v) is 11.8. The van der Waals surface area contributed by atoms with Gasteiger partial charge in [-0.1, -0.05) is 0 Å². The number of nitrogen functional groups attached to an aromatic ring is 1. The van der Waals surface area contributed by atoms with Gasteiger partial charge in [-0.3, -0.25) is 4.79 Å². The first kappa shape index (κ1) is 14.4. The van der Waals surface area contributed by atoms with Crippen molar-refractivity contribution < 1.29 is 13.9 Å². The number of carbonyl (C=O) groups excluding carboxylic acids is 1. The molecule has 0 radical (unpaired) electrons. The second kappa shape index (κ2) is 5.98. The number of amides is 1. The Morgan fingerprint density at radius 2 is 2.10 bits per heavy atom. The molecule has 1 saturated heterocycles. The Kier molecular flexibility index (Phi) is 4.32. The molecule has 1 aliphatic heterocycles. The summed E-state index contributed by atoms with van der Waals surface area (Å²) in [7, 11) is 1.43. The number of rotatable bonds is 3. The van der Waals surface area contributed by atoms with E-state index in [0.29, 0.717) is 5.69 Å². The SMILES string of the molecule is COc1cc(N2CCC(NC(C)=O)CC2)c(N)cc1F. The van der Waals surface area contributed by atoms with Gasteiger partial charge in [0.2, 0.25) is 5.91 Å². The number of anilines is 2. The van der Waals surface area contributed by atoms with Crippen LogP contribution in [0.2, 0.25) is 0 Å². The van der Waals surface area contributed by atoms with Crippen LogP contribution in [0.4, 0.5) is 15.8 Å². The Hall–Kier alpha value is -1.98. The number of nitrogens with two attached hydrogens (primary N) is 1. The van der Waals surface area contributed by atoms with Crippen molar-refractivity contribution in [1.29, 1.82) is 0 Å². The Morgan fingerprint density at radius 1 is 1.45 bits per heavy atom. The Morgan fingerprint density at radius 3 is 2.65 bits per heavy atom. The minimum absolute atomic E-state index is 0.00795. The second-order valence-corrected chi connectivity index (χ2v) is 5.01. The van der Waals surface area contributed by atoms with Crippen LogP contribution < -0.4 is 20.7 Å². The third kappa shape index (κ3) is 3.12. The van der Waals surface area contributed by atoms with Gasteiger partial charge in [-0.05, 0) is 12.8 Å². The van der Waals surface area contributed by atoms with Crippen molar-refractivity contribution >= 4 is 17.3 Å². The summed E-state index contributed by atoms with van der Waals surface area (Å²) in [6, 6.07) is 3.12. The molecule has 0 spiro atoms. The van der Waals surface area contributed by atoms with Crippen LogP contribution in [0, 0.1) is 5.82 Å². The summed E-state index contributed by atoms with van der Waals surface area (Å²) in [5, 5.41) is 2.92. The minimum atomic E-state index is -0.457. The van der Waals surface area contributed by atoms with Gasteiger partial charge in [0, 0.05) is 38.2 Å². The molecule has 0 saturated carbocycles. The Labute approximate surface area is 117 Å². The lowest BCUT2D eigenvalue weighted by atomic mass is 10.0. The number of hydrogen-bond acceptors (Lipinski definition) is 4. The third-order valence-corrected chi connectivity index (χ3v) is 3.54. The van der Waals surface area contributed by atoms with E-state index >= 15 is 0 Å². The van der Waals surface area contributed by atoms with Crippen LogP contribution in [-0.4, -0.2) is 32.1 Å². The van der Waals surface area contributed by atoms with E-state index in [1.165, 1.54) is 20.1 Å². The normalized spacial score (nSPS) is 16.1. The highest BCUT2D eigenvalue weighted by molar-refractivity contribution is 5.73. The Balaban J connectivity index is 2.08. The molecular formula is C14H20FN3O2. The third-order valence-electron chi connectivity index (χ3n) is 3.54. The first-order valence-corrected chi connectivity index (χ1v) is 6.66. The number of piperidine rings is 1. The van der Waals surface area contributed by atoms with E-state index in [4.69, 9.17) is 10.5 Å². The van der Waals surface area contributed by atoms with Crippen molar-refractivity contribution in [2.24, 2.45) is 0 Å². The molecule has 6 heteroatoms. The monoisotopic (exact) mass is 281 g/mol. The summed E-state index contributed by atoms with van der Waals surface area (Å²) < 4.78 is 18.5. The predicted molar refractivity (Wildman–Crippen MR) is 76.4 cm³/mol. The topological polar surface area (TPSA) is 67.6 Å². The van der Waals surface area contributed by atoms with E-state index in [9.17, 15) is 9.18 Å². The van der Waals surface area contributed by atoms with Gasteiger partial charge < -0.3 is 20.7 Å². The molecule has 1 aromatic carbocycles. The van der Waals surface area contributed by atoms with Crippen LogP contribution >= 0.6 is 0 Å². The quantitative estimate of drug-likeness (QED) is 0.824. The van der Waals surface area contributed by atoms with Crippen LogP contribution in [0.1, 0.15) is 19.8 Å². The first-order chi connectivity index (χ1) is 9.51. The van der Waals surface area contributed by atoms with Gasteiger partial charge in [0.1, 0.15) is 0 Å². The van der Waals surface area contributed by atoms with Crippen LogP contribution in [-0.2, 0) is 4.79 Å². The summed E-state index contributed by atoms with van der Waals surface area (Å²) in [4.78, 5) is 13.1. The Bertz CT molecular complexity index is 499. The highest BCUT2D eigenvalue weighted by Crippen LogP contribution is 2.32. The molecule has 1 amide bonds. The zero-order valence-electron chi connectivity index (χ0n) is 11.8. The van der Waals surface area contributed by atoms with Gasteiger partial charge in [-0.25, -0.2) is 4.39 Å². The lowest BCUT2D eigenvalue weighted by molar-refractivity contribution is -0.119. The summed E-state index contributed by atoms with van der Waals surface area (Å²) >= 11 is 0. The van der Waals surface area contributed by atoms with E-state index in [-0.39, 0.29) is 17.7 Å². The lowest BCUT2D eigenvalue weighted by Gasteiger charge is -2.34. The van der Waals surface area contributed by atoms with Crippen molar-refractivity contribution in [2.75, 3.05) is 30.8 Å². The highest BCUT2D eigenvalue weighted by Gasteiger charge is 2.22. The van der Waals surface area contributed by atoms with Crippen LogP contribution in [0.5, 0.6) is 5.75 Å². The molecule has 1 heterocycles. The highest BCUT2D eigenvalue weighted by atomic mass is 19.1. The van der Waals surface area contributed by atoms with Gasteiger partial charge in [0.25, 0.3) is 0 Å². The summed E-state index contributed by atoms with van der Waals surface area (Å²) in [6.45, 7) is 3.06. The molecule has 1 aromatic rings. The number of nitrogens with one attached hydrogen (secondary N) is 1. The van der Waals surface area contributed by atoms with E-state index < -0.39 is 5.82 Å². The average molecular weight is 281 g/mol. The van der Waals surface area contributed by atoms with Crippen molar-refractivity contribution in [3.8, 4) is 5.75 Å². The van der Waals surface area contributed by atoms with Crippen LogP contribution in [0.3, 0.4) is 0 Å². The van der Waals surface area contributed by atoms with E-state index in [1.54, 1.807) is 6.07 Å². The molecule has 20 heavy (non-hydrogen) atoms. The number of benzene rings is 1. The number of carbonyl (C=O) groups is 1. The number of halogens is 1. The maximum absolute atomic E-state index is 13.5. The molecule has 3 N–H and O–H groups in total. The van der Waals surface area contributed by atoms with Gasteiger partial charge in [0.05, 0.1) is 18.5 Å². The molecule has 1 fully saturated rings. The van der Waals surface area contributed by atoms with Crippen LogP contribution in [0.25, 0.3) is 0 Å². The van der Waals surface area contributed by atoms with Crippen LogP contribution in [0.15, 0.2) is 12.1 Å². The maximum Gasteiger partial charge on any atom is 0.217 e. The molecule has 0 atom stereocenters. The average Bonchev–Trinajstić information content (AvgIpc) is 2.39. The van der Waals surface area contributed by atoms with E-state index in [0.717, 1.165) is 31.6 Å². The maximum atomic E-state index is 13.5. The van der Waals surface area contributed by atoms with Crippen molar-refractivity contribution in [2.45, 2.75) is 25.8 Å². The van der Waals surface area contributed by atoms with Gasteiger partial charge >= 0.3 is 0 Å². The number of ether oxygens (including phenoxy) is 1. The number of methoxy groups -OCH3 is 1. The van der Waals surface area contributed by atoms with Crippen molar-refractivity contribution in [3.63, 3.8) is 0 Å². The number of hydrogen-bond donors (Lipinski definition) is 2. The first-order valence-electron chi connectivity index (χ1n) is 6.66. The fraction of sp³-hybridized carbons (Fsp3) is 0.500. The summed E-state index contributed by atoms with van der Waals surface area (Å²) in [6.07, 6.45) is 1.69. The number of nitrogens with zero attached hydrogens (tertiary/aromatic N) is 1. The smallest absolute Gasteiger partial charge is 0.217 e. The molecular weight excluding hydrogens is 261 g/mol. The summed E-state index contributed by atoms with van der Waals surface area (Å²) in [5.41, 5.74) is 7.07. The molecule has 0 aromatic heterocycles. The van der Waals surface area contributed by atoms with Gasteiger partial charge in [-0.15, -0.1) is 0 Å². The van der Waals surface area contributed by atoms with Gasteiger partial charge in [-0.2, -0.15) is 0 Å². The van der Waals surface area contributed by atoms with Gasteiger partial charge in [0.15, 0.2) is 11.6 Å². The van der Waals surface area contributed by atoms with Crippen molar-refractivity contribution in [3.05, 3.63) is 17.9 Å². The zero-order chi connectivity index (χ0) is 14.7. The predicted octanol–water partition coefficient (Wildman–Crippen LogP) is 1.52. The fourth-order valence-corrected chi connectivity index (χ4v) is 2.54. The lowest BCUT2D eigenvalue weighted by Crippen LogP contribution is -2.44. The molecule has 0 unspecified atom stereocenters. The molecule has 110 valence electrons. The van der Waals surface area contributed by atoms with Crippen molar-refractivity contribution in [1.82, 2.24) is 5.32 Å².